The lowest BCUT2D eigenvalue weighted by Crippen LogP contribution is -2.35. The van der Waals surface area contributed by atoms with Gasteiger partial charge in [0.15, 0.2) is 0 Å². The molecular weight excluding hydrogens is 358 g/mol. The van der Waals surface area contributed by atoms with E-state index in [0.29, 0.717) is 18.7 Å². The van der Waals surface area contributed by atoms with Crippen LogP contribution in [0.15, 0.2) is 66.9 Å². The second-order valence-corrected chi connectivity index (χ2v) is 7.09. The summed E-state index contributed by atoms with van der Waals surface area (Å²) in [6.07, 6.45) is 2.54. The summed E-state index contributed by atoms with van der Waals surface area (Å²) in [4.78, 5) is 19.1. The first kappa shape index (κ1) is 17.6. The van der Waals surface area contributed by atoms with E-state index in [1.54, 1.807) is 6.20 Å². The number of rotatable bonds is 4. The lowest BCUT2D eigenvalue weighted by atomic mass is 9.99. The summed E-state index contributed by atoms with van der Waals surface area (Å²) in [6, 6.07) is 19.7. The maximum atomic E-state index is 12.8. The molecule has 136 valence electrons. The van der Waals surface area contributed by atoms with Crippen LogP contribution in [0.3, 0.4) is 0 Å². The minimum atomic E-state index is 0.0289. The summed E-state index contributed by atoms with van der Waals surface area (Å²) in [5.41, 5.74) is 4.30. The number of amides is 1. The van der Waals surface area contributed by atoms with Gasteiger partial charge in [-0.2, -0.15) is 0 Å². The minimum Gasteiger partial charge on any atom is -0.366 e. The maximum absolute atomic E-state index is 12.8. The normalized spacial score (nSPS) is 13.1. The zero-order valence-corrected chi connectivity index (χ0v) is 15.6. The van der Waals surface area contributed by atoms with E-state index in [4.69, 9.17) is 11.6 Å². The molecule has 0 saturated carbocycles. The summed E-state index contributed by atoms with van der Waals surface area (Å²) < 4.78 is 0. The number of anilines is 1. The third kappa shape index (κ3) is 4.12. The molecule has 2 heterocycles. The molecule has 0 aliphatic carbocycles. The third-order valence-corrected chi connectivity index (χ3v) is 5.07. The van der Waals surface area contributed by atoms with Gasteiger partial charge in [-0.3, -0.25) is 4.79 Å². The molecule has 5 heteroatoms. The quantitative estimate of drug-likeness (QED) is 0.725. The molecule has 4 nitrogen and oxygen atoms in total. The van der Waals surface area contributed by atoms with Crippen molar-refractivity contribution >= 4 is 23.3 Å². The van der Waals surface area contributed by atoms with E-state index in [-0.39, 0.29) is 5.91 Å². The lowest BCUT2D eigenvalue weighted by molar-refractivity contribution is 0.0734. The Hall–Kier alpha value is -2.85. The Morgan fingerprint density at radius 3 is 2.56 bits per heavy atom. The predicted octanol–water partition coefficient (Wildman–Crippen LogP) is 4.55. The fourth-order valence-electron chi connectivity index (χ4n) is 3.27. The molecule has 2 aromatic carbocycles. The van der Waals surface area contributed by atoms with Crippen LogP contribution in [-0.4, -0.2) is 22.3 Å². The van der Waals surface area contributed by atoms with Gasteiger partial charge >= 0.3 is 0 Å². The summed E-state index contributed by atoms with van der Waals surface area (Å²) in [5.74, 6) is 0.770. The van der Waals surface area contributed by atoms with Crippen LogP contribution >= 0.6 is 11.6 Å². The van der Waals surface area contributed by atoms with Gasteiger partial charge in [0.25, 0.3) is 5.91 Å². The Morgan fingerprint density at radius 2 is 1.81 bits per heavy atom. The number of nitrogens with one attached hydrogen (secondary N) is 1. The molecule has 1 aliphatic rings. The summed E-state index contributed by atoms with van der Waals surface area (Å²) in [7, 11) is 0. The zero-order valence-electron chi connectivity index (χ0n) is 14.9. The van der Waals surface area contributed by atoms with Crippen molar-refractivity contribution in [2.75, 3.05) is 11.9 Å². The highest BCUT2D eigenvalue weighted by atomic mass is 35.5. The SMILES string of the molecule is O=C(c1ccc(NCc2ccc(Cl)cc2)nc1)N1CCc2ccccc2C1. The lowest BCUT2D eigenvalue weighted by Gasteiger charge is -2.28. The van der Waals surface area contributed by atoms with Gasteiger partial charge in [-0.1, -0.05) is 48.0 Å². The van der Waals surface area contributed by atoms with Gasteiger partial charge in [0, 0.05) is 30.9 Å². The summed E-state index contributed by atoms with van der Waals surface area (Å²) in [5, 5.41) is 3.98. The van der Waals surface area contributed by atoms with E-state index in [2.05, 4.69) is 28.5 Å². The number of benzene rings is 2. The van der Waals surface area contributed by atoms with Crippen LogP contribution in [0.4, 0.5) is 5.82 Å². The van der Waals surface area contributed by atoms with E-state index < -0.39 is 0 Å². The molecule has 0 fully saturated rings. The Bertz CT molecular complexity index is 939. The number of carbonyl (C=O) groups is 1. The molecule has 3 aromatic rings. The van der Waals surface area contributed by atoms with Gasteiger partial charge < -0.3 is 10.2 Å². The highest BCUT2D eigenvalue weighted by molar-refractivity contribution is 6.30. The average Bonchev–Trinajstić information content (AvgIpc) is 2.73. The van der Waals surface area contributed by atoms with Crippen molar-refractivity contribution in [1.82, 2.24) is 9.88 Å². The minimum absolute atomic E-state index is 0.0289. The molecule has 1 amide bonds. The highest BCUT2D eigenvalue weighted by Gasteiger charge is 2.21. The molecule has 1 aromatic heterocycles. The van der Waals surface area contributed by atoms with E-state index in [1.165, 1.54) is 11.1 Å². The first-order chi connectivity index (χ1) is 13.2. The fourth-order valence-corrected chi connectivity index (χ4v) is 3.40. The molecule has 27 heavy (non-hydrogen) atoms. The number of nitrogens with zero attached hydrogens (tertiary/aromatic N) is 2. The molecule has 1 N–H and O–H groups in total. The standard InChI is InChI=1S/C22H20ClN3O/c23-20-8-5-16(6-9-20)13-24-21-10-7-18(14-25-21)22(27)26-12-11-17-3-1-2-4-19(17)15-26/h1-10,14H,11-13,15H2,(H,24,25). The molecule has 0 radical (unpaired) electrons. The Labute approximate surface area is 163 Å². The predicted molar refractivity (Wildman–Crippen MR) is 108 cm³/mol. The fraction of sp³-hybridized carbons (Fsp3) is 0.182. The molecule has 1 aliphatic heterocycles. The van der Waals surface area contributed by atoms with Crippen molar-refractivity contribution < 1.29 is 4.79 Å². The molecule has 4 rings (SSSR count). The number of pyridine rings is 1. The first-order valence-electron chi connectivity index (χ1n) is 8.99. The van der Waals surface area contributed by atoms with Crippen molar-refractivity contribution in [3.63, 3.8) is 0 Å². The summed E-state index contributed by atoms with van der Waals surface area (Å²) >= 11 is 5.90. The van der Waals surface area contributed by atoms with Crippen molar-refractivity contribution in [3.05, 3.63) is 94.1 Å². The molecule has 0 saturated heterocycles. The van der Waals surface area contributed by atoms with Crippen molar-refractivity contribution in [2.45, 2.75) is 19.5 Å². The van der Waals surface area contributed by atoms with Gasteiger partial charge in [0.1, 0.15) is 5.82 Å². The van der Waals surface area contributed by atoms with Crippen molar-refractivity contribution in [1.29, 1.82) is 0 Å². The van der Waals surface area contributed by atoms with Gasteiger partial charge in [-0.25, -0.2) is 4.98 Å². The maximum Gasteiger partial charge on any atom is 0.255 e. The number of hydrogen-bond donors (Lipinski definition) is 1. The largest absolute Gasteiger partial charge is 0.366 e. The highest BCUT2D eigenvalue weighted by Crippen LogP contribution is 2.20. The van der Waals surface area contributed by atoms with Crippen LogP contribution in [0.2, 0.25) is 5.02 Å². The second-order valence-electron chi connectivity index (χ2n) is 6.66. The zero-order chi connectivity index (χ0) is 18.6. The van der Waals surface area contributed by atoms with E-state index in [1.807, 2.05) is 47.4 Å². The molecule has 0 atom stereocenters. The molecule has 0 spiro atoms. The van der Waals surface area contributed by atoms with Gasteiger partial charge in [0.05, 0.1) is 5.56 Å². The number of aromatic nitrogens is 1. The second kappa shape index (κ2) is 7.80. The van der Waals surface area contributed by atoms with E-state index in [9.17, 15) is 4.79 Å². The van der Waals surface area contributed by atoms with E-state index >= 15 is 0 Å². The smallest absolute Gasteiger partial charge is 0.255 e. The van der Waals surface area contributed by atoms with Gasteiger partial charge in [0.2, 0.25) is 0 Å². The molecule has 0 unspecified atom stereocenters. The van der Waals surface area contributed by atoms with Crippen LogP contribution < -0.4 is 5.32 Å². The van der Waals surface area contributed by atoms with Gasteiger partial charge in [-0.05, 0) is 47.4 Å². The third-order valence-electron chi connectivity index (χ3n) is 4.82. The first-order valence-corrected chi connectivity index (χ1v) is 9.37. The average molecular weight is 378 g/mol. The number of carbonyl (C=O) groups excluding carboxylic acids is 1. The van der Waals surface area contributed by atoms with Crippen LogP contribution in [0, 0.1) is 0 Å². The number of halogens is 1. The van der Waals surface area contributed by atoms with Crippen molar-refractivity contribution in [3.8, 4) is 0 Å². The molecule has 0 bridgehead atoms. The summed E-state index contributed by atoms with van der Waals surface area (Å²) in [6.45, 7) is 2.05. The van der Waals surface area contributed by atoms with Gasteiger partial charge in [-0.15, -0.1) is 0 Å². The van der Waals surface area contributed by atoms with E-state index in [0.717, 1.165) is 29.4 Å². The monoisotopic (exact) mass is 377 g/mol. The number of fused-ring (bicyclic) bond motifs is 1. The topological polar surface area (TPSA) is 45.2 Å². The Kier molecular flexibility index (Phi) is 5.07. The van der Waals surface area contributed by atoms with Crippen LogP contribution in [-0.2, 0) is 19.5 Å². The van der Waals surface area contributed by atoms with Crippen LogP contribution in [0.1, 0.15) is 27.0 Å². The van der Waals surface area contributed by atoms with Crippen LogP contribution in [0.25, 0.3) is 0 Å². The molecular formula is C22H20ClN3O. The Morgan fingerprint density at radius 1 is 1.04 bits per heavy atom. The van der Waals surface area contributed by atoms with Crippen LogP contribution in [0.5, 0.6) is 0 Å². The number of hydrogen-bond acceptors (Lipinski definition) is 3. The van der Waals surface area contributed by atoms with Crippen molar-refractivity contribution in [2.24, 2.45) is 0 Å². The Balaban J connectivity index is 1.38.